The summed E-state index contributed by atoms with van der Waals surface area (Å²) in [6, 6.07) is 0. The van der Waals surface area contributed by atoms with E-state index in [9.17, 15) is 4.79 Å². The number of morpholine rings is 1. The molecular formula is C8H14N2O2. The second-order valence-corrected chi connectivity index (χ2v) is 2.79. The number of amides is 1. The molecule has 68 valence electrons. The first-order valence-corrected chi connectivity index (χ1v) is 4.00. The predicted octanol–water partition coefficient (Wildman–Crippen LogP) is -0.292. The quantitative estimate of drug-likeness (QED) is 0.579. The van der Waals surface area contributed by atoms with Gasteiger partial charge in [-0.15, -0.1) is 0 Å². The molecule has 0 aliphatic carbocycles. The van der Waals surface area contributed by atoms with Gasteiger partial charge < -0.3 is 15.4 Å². The maximum Gasteiger partial charge on any atom is 0.243 e. The van der Waals surface area contributed by atoms with Gasteiger partial charge >= 0.3 is 0 Å². The number of hydrogen-bond acceptors (Lipinski definition) is 3. The number of rotatable bonds is 2. The molecule has 1 rings (SSSR count). The summed E-state index contributed by atoms with van der Waals surface area (Å²) in [5, 5.41) is 0. The SMILES string of the molecule is CC(=CC(N)=O)N1CCOCC1. The molecule has 1 aliphatic heterocycles. The lowest BCUT2D eigenvalue weighted by molar-refractivity contribution is -0.113. The molecule has 1 heterocycles. The Kier molecular flexibility index (Phi) is 3.10. The highest BCUT2D eigenvalue weighted by atomic mass is 16.5. The normalized spacial score (nSPS) is 19.4. The van der Waals surface area contributed by atoms with Crippen molar-refractivity contribution in [3.8, 4) is 0 Å². The fourth-order valence-corrected chi connectivity index (χ4v) is 1.21. The molecule has 12 heavy (non-hydrogen) atoms. The van der Waals surface area contributed by atoms with E-state index >= 15 is 0 Å². The smallest absolute Gasteiger partial charge is 0.243 e. The fourth-order valence-electron chi connectivity index (χ4n) is 1.21. The van der Waals surface area contributed by atoms with Gasteiger partial charge in [0.25, 0.3) is 0 Å². The molecule has 0 aromatic heterocycles. The van der Waals surface area contributed by atoms with Gasteiger partial charge in [0.15, 0.2) is 0 Å². The van der Waals surface area contributed by atoms with Crippen molar-refractivity contribution in [2.24, 2.45) is 5.73 Å². The Morgan fingerprint density at radius 3 is 2.58 bits per heavy atom. The van der Waals surface area contributed by atoms with Gasteiger partial charge in [0.05, 0.1) is 13.2 Å². The molecule has 1 fully saturated rings. The highest BCUT2D eigenvalue weighted by Gasteiger charge is 2.10. The largest absolute Gasteiger partial charge is 0.378 e. The fraction of sp³-hybridized carbons (Fsp3) is 0.625. The van der Waals surface area contributed by atoms with Crippen molar-refractivity contribution < 1.29 is 9.53 Å². The van der Waals surface area contributed by atoms with E-state index in [-0.39, 0.29) is 5.91 Å². The number of hydrogen-bond donors (Lipinski definition) is 1. The molecule has 0 unspecified atom stereocenters. The molecule has 1 amide bonds. The van der Waals surface area contributed by atoms with Crippen LogP contribution in [0.3, 0.4) is 0 Å². The number of nitrogens with two attached hydrogens (primary N) is 1. The zero-order chi connectivity index (χ0) is 8.97. The number of allylic oxidation sites excluding steroid dienone is 1. The third-order valence-electron chi connectivity index (χ3n) is 1.86. The van der Waals surface area contributed by atoms with Crippen molar-refractivity contribution in [1.29, 1.82) is 0 Å². The number of nitrogens with zero attached hydrogens (tertiary/aromatic N) is 1. The van der Waals surface area contributed by atoms with Crippen LogP contribution in [-0.2, 0) is 9.53 Å². The average Bonchev–Trinajstić information content (AvgIpc) is 2.05. The Morgan fingerprint density at radius 2 is 2.08 bits per heavy atom. The van der Waals surface area contributed by atoms with Crippen LogP contribution >= 0.6 is 0 Å². The molecule has 4 heteroatoms. The number of carbonyl (C=O) groups is 1. The van der Waals surface area contributed by atoms with Crippen LogP contribution in [0.1, 0.15) is 6.92 Å². The summed E-state index contributed by atoms with van der Waals surface area (Å²) < 4.78 is 5.17. The third kappa shape index (κ3) is 2.54. The zero-order valence-electron chi connectivity index (χ0n) is 7.25. The van der Waals surface area contributed by atoms with Crippen molar-refractivity contribution in [3.63, 3.8) is 0 Å². The summed E-state index contributed by atoms with van der Waals surface area (Å²) in [5.74, 6) is -0.390. The minimum atomic E-state index is -0.390. The van der Waals surface area contributed by atoms with Crippen molar-refractivity contribution in [1.82, 2.24) is 4.90 Å². The van der Waals surface area contributed by atoms with E-state index in [2.05, 4.69) is 4.90 Å². The van der Waals surface area contributed by atoms with Gasteiger partial charge in [-0.25, -0.2) is 0 Å². The lowest BCUT2D eigenvalue weighted by atomic mass is 10.3. The van der Waals surface area contributed by atoms with Crippen LogP contribution < -0.4 is 5.73 Å². The second kappa shape index (κ2) is 4.11. The molecule has 0 radical (unpaired) electrons. The molecule has 0 saturated carbocycles. The van der Waals surface area contributed by atoms with Crippen LogP contribution in [-0.4, -0.2) is 37.1 Å². The molecule has 0 aromatic carbocycles. The van der Waals surface area contributed by atoms with Gasteiger partial charge in [-0.3, -0.25) is 4.79 Å². The highest BCUT2D eigenvalue weighted by molar-refractivity contribution is 5.86. The molecule has 0 aromatic rings. The average molecular weight is 170 g/mol. The lowest BCUT2D eigenvalue weighted by Crippen LogP contribution is -2.35. The van der Waals surface area contributed by atoms with E-state index in [0.29, 0.717) is 0 Å². The first-order chi connectivity index (χ1) is 5.70. The first kappa shape index (κ1) is 9.06. The van der Waals surface area contributed by atoms with Crippen molar-refractivity contribution in [2.45, 2.75) is 6.92 Å². The summed E-state index contributed by atoms with van der Waals surface area (Å²) in [6.07, 6.45) is 1.45. The van der Waals surface area contributed by atoms with Crippen molar-refractivity contribution in [3.05, 3.63) is 11.8 Å². The van der Waals surface area contributed by atoms with Crippen LogP contribution in [0.5, 0.6) is 0 Å². The highest BCUT2D eigenvalue weighted by Crippen LogP contribution is 2.05. The van der Waals surface area contributed by atoms with E-state index in [0.717, 1.165) is 32.0 Å². The van der Waals surface area contributed by atoms with Gasteiger partial charge in [-0.1, -0.05) is 0 Å². The van der Waals surface area contributed by atoms with Crippen LogP contribution in [0.2, 0.25) is 0 Å². The van der Waals surface area contributed by atoms with Gasteiger partial charge in [0.2, 0.25) is 5.91 Å². The second-order valence-electron chi connectivity index (χ2n) is 2.79. The minimum Gasteiger partial charge on any atom is -0.378 e. The predicted molar refractivity (Wildman–Crippen MR) is 45.3 cm³/mol. The molecule has 1 saturated heterocycles. The maximum absolute atomic E-state index is 10.5. The van der Waals surface area contributed by atoms with Gasteiger partial charge in [-0.2, -0.15) is 0 Å². The summed E-state index contributed by atoms with van der Waals surface area (Å²) in [6.45, 7) is 5.02. The minimum absolute atomic E-state index is 0.390. The van der Waals surface area contributed by atoms with Crippen LogP contribution in [0.4, 0.5) is 0 Å². The Hall–Kier alpha value is -1.03. The molecule has 0 spiro atoms. The third-order valence-corrected chi connectivity index (χ3v) is 1.86. The van der Waals surface area contributed by atoms with E-state index in [1.807, 2.05) is 6.92 Å². The van der Waals surface area contributed by atoms with E-state index in [1.54, 1.807) is 0 Å². The van der Waals surface area contributed by atoms with E-state index in [4.69, 9.17) is 10.5 Å². The summed E-state index contributed by atoms with van der Waals surface area (Å²) in [4.78, 5) is 12.6. The lowest BCUT2D eigenvalue weighted by Gasteiger charge is -2.29. The first-order valence-electron chi connectivity index (χ1n) is 4.00. The Balaban J connectivity index is 2.49. The number of primary amides is 1. The summed E-state index contributed by atoms with van der Waals surface area (Å²) >= 11 is 0. The van der Waals surface area contributed by atoms with Gasteiger partial charge in [0, 0.05) is 24.9 Å². The van der Waals surface area contributed by atoms with Gasteiger partial charge in [-0.05, 0) is 6.92 Å². The zero-order valence-corrected chi connectivity index (χ0v) is 7.25. The molecule has 2 N–H and O–H groups in total. The van der Waals surface area contributed by atoms with Gasteiger partial charge in [0.1, 0.15) is 0 Å². The topological polar surface area (TPSA) is 55.6 Å². The summed E-state index contributed by atoms with van der Waals surface area (Å²) in [7, 11) is 0. The number of carbonyl (C=O) groups excluding carboxylic acids is 1. The van der Waals surface area contributed by atoms with Crippen LogP contribution in [0, 0.1) is 0 Å². The maximum atomic E-state index is 10.5. The molecule has 1 aliphatic rings. The molecule has 4 nitrogen and oxygen atoms in total. The number of ether oxygens (including phenoxy) is 1. The van der Waals surface area contributed by atoms with E-state index < -0.39 is 0 Å². The van der Waals surface area contributed by atoms with Crippen LogP contribution in [0.25, 0.3) is 0 Å². The Bertz CT molecular complexity index is 195. The Morgan fingerprint density at radius 1 is 1.50 bits per heavy atom. The Labute approximate surface area is 72.0 Å². The summed E-state index contributed by atoms with van der Waals surface area (Å²) in [5.41, 5.74) is 5.95. The van der Waals surface area contributed by atoms with Crippen molar-refractivity contribution >= 4 is 5.91 Å². The van der Waals surface area contributed by atoms with E-state index in [1.165, 1.54) is 6.08 Å². The molecular weight excluding hydrogens is 156 g/mol. The molecule has 0 bridgehead atoms. The van der Waals surface area contributed by atoms with Crippen molar-refractivity contribution in [2.75, 3.05) is 26.3 Å². The molecule has 0 atom stereocenters. The monoisotopic (exact) mass is 170 g/mol. The van der Waals surface area contributed by atoms with Crippen LogP contribution in [0.15, 0.2) is 11.8 Å². The standard InChI is InChI=1S/C8H14N2O2/c1-7(6-8(9)11)10-2-4-12-5-3-10/h6H,2-5H2,1H3,(H2,9,11).